The molecule has 1 aliphatic rings. The summed E-state index contributed by atoms with van der Waals surface area (Å²) < 4.78 is 11.1. The molecule has 3 rings (SSSR count). The SMILES string of the molecule is COc1ccc(NC(=O)C(C)N2CCCC(COc3ccccc3)C2)cc1. The van der Waals surface area contributed by atoms with Crippen LogP contribution in [0.25, 0.3) is 0 Å². The van der Waals surface area contributed by atoms with Crippen molar-refractivity contribution in [3.8, 4) is 11.5 Å². The molecule has 5 heteroatoms. The van der Waals surface area contributed by atoms with E-state index < -0.39 is 0 Å². The molecule has 1 heterocycles. The van der Waals surface area contributed by atoms with E-state index in [1.54, 1.807) is 7.11 Å². The average Bonchev–Trinajstić information content (AvgIpc) is 2.73. The molecule has 0 spiro atoms. The number of likely N-dealkylation sites (tertiary alicyclic amines) is 1. The van der Waals surface area contributed by atoms with Gasteiger partial charge in [0.05, 0.1) is 19.8 Å². The van der Waals surface area contributed by atoms with E-state index in [1.807, 2.05) is 61.5 Å². The Hall–Kier alpha value is -2.53. The van der Waals surface area contributed by atoms with E-state index in [4.69, 9.17) is 9.47 Å². The second kappa shape index (κ2) is 9.42. The third kappa shape index (κ3) is 5.47. The topological polar surface area (TPSA) is 50.8 Å². The highest BCUT2D eigenvalue weighted by atomic mass is 16.5. The minimum atomic E-state index is -0.174. The maximum Gasteiger partial charge on any atom is 0.241 e. The predicted octanol–water partition coefficient (Wildman–Crippen LogP) is 3.81. The number of benzene rings is 2. The zero-order valence-corrected chi connectivity index (χ0v) is 16.1. The Morgan fingerprint density at radius 3 is 2.59 bits per heavy atom. The number of para-hydroxylation sites is 1. The zero-order chi connectivity index (χ0) is 19.1. The van der Waals surface area contributed by atoms with Gasteiger partial charge in [-0.15, -0.1) is 0 Å². The summed E-state index contributed by atoms with van der Waals surface area (Å²) in [6.07, 6.45) is 2.22. The lowest BCUT2D eigenvalue weighted by atomic mass is 9.97. The lowest BCUT2D eigenvalue weighted by molar-refractivity contribution is -0.121. The van der Waals surface area contributed by atoms with Crippen LogP contribution in [0.3, 0.4) is 0 Å². The van der Waals surface area contributed by atoms with Gasteiger partial charge in [-0.05, 0) is 62.7 Å². The average molecular weight is 368 g/mol. The molecule has 144 valence electrons. The number of hydrogen-bond donors (Lipinski definition) is 1. The Bertz CT molecular complexity index is 718. The smallest absolute Gasteiger partial charge is 0.241 e. The molecule has 0 bridgehead atoms. The fourth-order valence-corrected chi connectivity index (χ4v) is 3.40. The number of ether oxygens (including phenoxy) is 2. The van der Waals surface area contributed by atoms with Crippen molar-refractivity contribution in [3.63, 3.8) is 0 Å². The van der Waals surface area contributed by atoms with E-state index in [0.29, 0.717) is 12.5 Å². The van der Waals surface area contributed by atoms with Crippen molar-refractivity contribution >= 4 is 11.6 Å². The molecule has 1 fully saturated rings. The van der Waals surface area contributed by atoms with E-state index in [0.717, 1.165) is 43.1 Å². The summed E-state index contributed by atoms with van der Waals surface area (Å²) in [7, 11) is 1.63. The number of amides is 1. The predicted molar refractivity (Wildman–Crippen MR) is 107 cm³/mol. The number of piperidine rings is 1. The molecule has 0 saturated carbocycles. The van der Waals surface area contributed by atoms with Crippen LogP contribution >= 0.6 is 0 Å². The molecule has 2 aromatic rings. The highest BCUT2D eigenvalue weighted by Gasteiger charge is 2.27. The summed E-state index contributed by atoms with van der Waals surface area (Å²) in [6.45, 7) is 4.48. The van der Waals surface area contributed by atoms with Crippen LogP contribution in [-0.2, 0) is 4.79 Å². The molecule has 0 radical (unpaired) electrons. The first kappa shape index (κ1) is 19.2. The first-order valence-electron chi connectivity index (χ1n) is 9.52. The molecular formula is C22H28N2O3. The number of nitrogens with zero attached hydrogens (tertiary/aromatic N) is 1. The van der Waals surface area contributed by atoms with Gasteiger partial charge < -0.3 is 14.8 Å². The van der Waals surface area contributed by atoms with Gasteiger partial charge in [0.1, 0.15) is 11.5 Å². The molecule has 2 atom stereocenters. The molecule has 1 aliphatic heterocycles. The fraction of sp³-hybridized carbons (Fsp3) is 0.409. The Kier molecular flexibility index (Phi) is 6.71. The summed E-state index contributed by atoms with van der Waals surface area (Å²) in [4.78, 5) is 14.9. The van der Waals surface area contributed by atoms with Crippen molar-refractivity contribution in [3.05, 3.63) is 54.6 Å². The van der Waals surface area contributed by atoms with Crippen molar-refractivity contribution in [2.24, 2.45) is 5.92 Å². The second-order valence-corrected chi connectivity index (χ2v) is 7.02. The number of methoxy groups -OCH3 is 1. The van der Waals surface area contributed by atoms with Crippen LogP contribution < -0.4 is 14.8 Å². The minimum Gasteiger partial charge on any atom is -0.497 e. The van der Waals surface area contributed by atoms with E-state index >= 15 is 0 Å². The highest BCUT2D eigenvalue weighted by Crippen LogP contribution is 2.21. The molecule has 5 nitrogen and oxygen atoms in total. The first-order chi connectivity index (χ1) is 13.2. The normalized spacial score (nSPS) is 18.5. The van der Waals surface area contributed by atoms with Crippen LogP contribution in [0.2, 0.25) is 0 Å². The van der Waals surface area contributed by atoms with Gasteiger partial charge in [-0.3, -0.25) is 9.69 Å². The van der Waals surface area contributed by atoms with Crippen LogP contribution in [-0.4, -0.2) is 43.7 Å². The molecule has 2 unspecified atom stereocenters. The van der Waals surface area contributed by atoms with Crippen molar-refractivity contribution in [2.45, 2.75) is 25.8 Å². The molecular weight excluding hydrogens is 340 g/mol. The molecule has 0 aliphatic carbocycles. The number of hydrogen-bond acceptors (Lipinski definition) is 4. The van der Waals surface area contributed by atoms with Crippen LogP contribution in [0, 0.1) is 5.92 Å². The summed E-state index contributed by atoms with van der Waals surface area (Å²) in [5, 5.41) is 3.00. The Balaban J connectivity index is 1.50. The number of anilines is 1. The Morgan fingerprint density at radius 1 is 1.15 bits per heavy atom. The largest absolute Gasteiger partial charge is 0.497 e. The third-order valence-corrected chi connectivity index (χ3v) is 5.06. The third-order valence-electron chi connectivity index (χ3n) is 5.06. The van der Waals surface area contributed by atoms with Crippen LogP contribution in [0.1, 0.15) is 19.8 Å². The van der Waals surface area contributed by atoms with Gasteiger partial charge in [0.2, 0.25) is 5.91 Å². The number of rotatable bonds is 7. The van der Waals surface area contributed by atoms with Crippen LogP contribution in [0.5, 0.6) is 11.5 Å². The summed E-state index contributed by atoms with van der Waals surface area (Å²) in [5.41, 5.74) is 0.786. The van der Waals surface area contributed by atoms with Gasteiger partial charge >= 0.3 is 0 Å². The second-order valence-electron chi connectivity index (χ2n) is 7.02. The van der Waals surface area contributed by atoms with E-state index in [1.165, 1.54) is 0 Å². The monoisotopic (exact) mass is 368 g/mol. The molecule has 1 saturated heterocycles. The molecule has 1 N–H and O–H groups in total. The quantitative estimate of drug-likeness (QED) is 0.807. The van der Waals surface area contributed by atoms with E-state index in [-0.39, 0.29) is 11.9 Å². The van der Waals surface area contributed by atoms with Crippen molar-refractivity contribution in [2.75, 3.05) is 32.1 Å². The minimum absolute atomic E-state index is 0.0183. The standard InChI is InChI=1S/C22H28N2O3/c1-17(22(25)23-19-10-12-20(26-2)13-11-19)24-14-6-7-18(15-24)16-27-21-8-4-3-5-9-21/h3-5,8-13,17-18H,6-7,14-16H2,1-2H3,(H,23,25). The van der Waals surface area contributed by atoms with Crippen molar-refractivity contribution in [1.29, 1.82) is 0 Å². The Labute approximate surface area is 161 Å². The summed E-state index contributed by atoms with van der Waals surface area (Å²) in [6, 6.07) is 17.1. The van der Waals surface area contributed by atoms with E-state index in [9.17, 15) is 4.79 Å². The number of carbonyl (C=O) groups is 1. The van der Waals surface area contributed by atoms with Gasteiger partial charge in [0, 0.05) is 18.2 Å². The van der Waals surface area contributed by atoms with Crippen molar-refractivity contribution < 1.29 is 14.3 Å². The fourth-order valence-electron chi connectivity index (χ4n) is 3.40. The zero-order valence-electron chi connectivity index (χ0n) is 16.1. The van der Waals surface area contributed by atoms with Gasteiger partial charge in [0.25, 0.3) is 0 Å². The van der Waals surface area contributed by atoms with E-state index in [2.05, 4.69) is 10.2 Å². The maximum atomic E-state index is 12.6. The number of nitrogens with one attached hydrogen (secondary N) is 1. The molecule has 2 aromatic carbocycles. The summed E-state index contributed by atoms with van der Waals surface area (Å²) >= 11 is 0. The lowest BCUT2D eigenvalue weighted by Crippen LogP contribution is -2.48. The molecule has 1 amide bonds. The van der Waals surface area contributed by atoms with Crippen LogP contribution in [0.15, 0.2) is 54.6 Å². The van der Waals surface area contributed by atoms with Crippen LogP contribution in [0.4, 0.5) is 5.69 Å². The lowest BCUT2D eigenvalue weighted by Gasteiger charge is -2.36. The van der Waals surface area contributed by atoms with Gasteiger partial charge in [-0.1, -0.05) is 18.2 Å². The highest BCUT2D eigenvalue weighted by molar-refractivity contribution is 5.94. The first-order valence-corrected chi connectivity index (χ1v) is 9.52. The van der Waals surface area contributed by atoms with Crippen molar-refractivity contribution in [1.82, 2.24) is 4.90 Å². The number of carbonyl (C=O) groups excluding carboxylic acids is 1. The maximum absolute atomic E-state index is 12.6. The summed E-state index contributed by atoms with van der Waals surface area (Å²) in [5.74, 6) is 2.14. The molecule has 27 heavy (non-hydrogen) atoms. The van der Waals surface area contributed by atoms with Gasteiger partial charge in [-0.25, -0.2) is 0 Å². The molecule has 0 aromatic heterocycles. The van der Waals surface area contributed by atoms with Gasteiger partial charge in [0.15, 0.2) is 0 Å². The Morgan fingerprint density at radius 2 is 1.89 bits per heavy atom. The van der Waals surface area contributed by atoms with Gasteiger partial charge in [-0.2, -0.15) is 0 Å².